The van der Waals surface area contributed by atoms with Crippen LogP contribution in [0.3, 0.4) is 0 Å². The van der Waals surface area contributed by atoms with Crippen LogP contribution in [0.5, 0.6) is 0 Å². The van der Waals surface area contributed by atoms with E-state index in [9.17, 15) is 19.1 Å². The molecule has 1 aromatic carbocycles. The molecule has 5 heteroatoms. The van der Waals surface area contributed by atoms with Crippen molar-refractivity contribution in [2.45, 2.75) is 25.3 Å². The summed E-state index contributed by atoms with van der Waals surface area (Å²) >= 11 is 0. The number of rotatable bonds is 2. The lowest BCUT2D eigenvalue weighted by Gasteiger charge is -2.23. The Balaban J connectivity index is 2.33. The van der Waals surface area contributed by atoms with Crippen LogP contribution in [-0.2, 0) is 9.59 Å². The Morgan fingerprint density at radius 3 is 2.72 bits per heavy atom. The van der Waals surface area contributed by atoms with Crippen LogP contribution in [0.15, 0.2) is 24.3 Å². The van der Waals surface area contributed by atoms with Crippen molar-refractivity contribution < 1.29 is 19.1 Å². The normalized spacial score (nSPS) is 23.1. The standard InChI is InChI=1S/C13H14FNO3/c1-8(16)15-6-5-11(12(15)13(17)18)9-3-2-4-10(14)7-9/h2-4,7,11-12H,5-6H2,1H3,(H,17,18). The van der Waals surface area contributed by atoms with Crippen LogP contribution < -0.4 is 0 Å². The number of carbonyl (C=O) groups excluding carboxylic acids is 1. The Morgan fingerprint density at radius 2 is 2.17 bits per heavy atom. The topological polar surface area (TPSA) is 57.6 Å². The first-order valence-corrected chi connectivity index (χ1v) is 5.76. The summed E-state index contributed by atoms with van der Waals surface area (Å²) < 4.78 is 13.2. The molecule has 0 spiro atoms. The van der Waals surface area contributed by atoms with Crippen molar-refractivity contribution >= 4 is 11.9 Å². The molecule has 0 saturated carbocycles. The van der Waals surface area contributed by atoms with Crippen molar-refractivity contribution in [1.29, 1.82) is 0 Å². The molecule has 0 aromatic heterocycles. The van der Waals surface area contributed by atoms with Crippen LogP contribution in [-0.4, -0.2) is 34.5 Å². The van der Waals surface area contributed by atoms with Gasteiger partial charge in [-0.1, -0.05) is 12.1 Å². The molecule has 1 aliphatic heterocycles. The molecule has 0 radical (unpaired) electrons. The zero-order chi connectivity index (χ0) is 13.3. The first-order chi connectivity index (χ1) is 8.50. The smallest absolute Gasteiger partial charge is 0.327 e. The molecule has 4 nitrogen and oxygen atoms in total. The molecule has 1 heterocycles. The average molecular weight is 251 g/mol. The van der Waals surface area contributed by atoms with Gasteiger partial charge in [-0.05, 0) is 24.1 Å². The highest BCUT2D eigenvalue weighted by Gasteiger charge is 2.41. The molecule has 2 unspecified atom stereocenters. The highest BCUT2D eigenvalue weighted by Crippen LogP contribution is 2.34. The summed E-state index contributed by atoms with van der Waals surface area (Å²) in [5.41, 5.74) is 0.631. The molecule has 1 N–H and O–H groups in total. The van der Waals surface area contributed by atoms with Crippen LogP contribution in [0.25, 0.3) is 0 Å². The minimum atomic E-state index is -1.04. The fourth-order valence-electron chi connectivity index (χ4n) is 2.54. The number of carboxylic acids is 1. The number of amides is 1. The third-order valence-electron chi connectivity index (χ3n) is 3.33. The van der Waals surface area contributed by atoms with E-state index < -0.39 is 17.8 Å². The van der Waals surface area contributed by atoms with Gasteiger partial charge in [-0.25, -0.2) is 9.18 Å². The molecule has 18 heavy (non-hydrogen) atoms. The maximum atomic E-state index is 13.2. The highest BCUT2D eigenvalue weighted by atomic mass is 19.1. The molecule has 1 aromatic rings. The number of nitrogens with zero attached hydrogens (tertiary/aromatic N) is 1. The second-order valence-corrected chi connectivity index (χ2v) is 4.45. The van der Waals surface area contributed by atoms with Crippen LogP contribution in [0.4, 0.5) is 4.39 Å². The Hall–Kier alpha value is -1.91. The number of carboxylic acid groups (broad SMARTS) is 1. The lowest BCUT2D eigenvalue weighted by Crippen LogP contribution is -2.41. The molecule has 1 aliphatic rings. The summed E-state index contributed by atoms with van der Waals surface area (Å²) in [4.78, 5) is 24.0. The van der Waals surface area contributed by atoms with Crippen molar-refractivity contribution in [3.63, 3.8) is 0 Å². The van der Waals surface area contributed by atoms with Gasteiger partial charge in [-0.3, -0.25) is 4.79 Å². The first-order valence-electron chi connectivity index (χ1n) is 5.76. The molecule has 1 fully saturated rings. The van der Waals surface area contributed by atoms with E-state index in [0.717, 1.165) is 0 Å². The maximum Gasteiger partial charge on any atom is 0.327 e. The molecule has 2 rings (SSSR count). The molecule has 96 valence electrons. The van der Waals surface area contributed by atoms with Gasteiger partial charge in [0, 0.05) is 19.4 Å². The van der Waals surface area contributed by atoms with Crippen LogP contribution in [0, 0.1) is 5.82 Å². The quantitative estimate of drug-likeness (QED) is 0.868. The van der Waals surface area contributed by atoms with E-state index in [1.54, 1.807) is 12.1 Å². The van der Waals surface area contributed by atoms with Crippen LogP contribution in [0.1, 0.15) is 24.8 Å². The average Bonchev–Trinajstić information content (AvgIpc) is 2.73. The van der Waals surface area contributed by atoms with E-state index in [0.29, 0.717) is 18.5 Å². The molecular weight excluding hydrogens is 237 g/mol. The molecular formula is C13H14FNO3. The van der Waals surface area contributed by atoms with Crippen LogP contribution in [0.2, 0.25) is 0 Å². The van der Waals surface area contributed by atoms with Gasteiger partial charge in [-0.15, -0.1) is 0 Å². The summed E-state index contributed by atoms with van der Waals surface area (Å²) in [6.45, 7) is 1.75. The number of likely N-dealkylation sites (tertiary alicyclic amines) is 1. The summed E-state index contributed by atoms with van der Waals surface area (Å²) in [6.07, 6.45) is 0.542. The largest absolute Gasteiger partial charge is 0.480 e. The van der Waals surface area contributed by atoms with E-state index in [4.69, 9.17) is 0 Å². The second-order valence-electron chi connectivity index (χ2n) is 4.45. The Morgan fingerprint density at radius 1 is 1.44 bits per heavy atom. The Labute approximate surface area is 104 Å². The lowest BCUT2D eigenvalue weighted by molar-refractivity contribution is -0.147. The minimum absolute atomic E-state index is 0.263. The van der Waals surface area contributed by atoms with E-state index in [1.165, 1.54) is 24.0 Å². The molecule has 0 bridgehead atoms. The van der Waals surface area contributed by atoms with Gasteiger partial charge < -0.3 is 10.0 Å². The van der Waals surface area contributed by atoms with Gasteiger partial charge in [0.25, 0.3) is 0 Å². The predicted molar refractivity (Wildman–Crippen MR) is 62.6 cm³/mol. The second kappa shape index (κ2) is 4.76. The summed E-state index contributed by atoms with van der Waals surface area (Å²) in [5, 5.41) is 9.25. The number of hydrogen-bond donors (Lipinski definition) is 1. The minimum Gasteiger partial charge on any atom is -0.480 e. The SMILES string of the molecule is CC(=O)N1CCC(c2cccc(F)c2)C1C(=O)O. The number of aliphatic carboxylic acids is 1. The maximum absolute atomic E-state index is 13.2. The van der Waals surface area contributed by atoms with E-state index in [1.807, 2.05) is 0 Å². The zero-order valence-electron chi connectivity index (χ0n) is 9.97. The van der Waals surface area contributed by atoms with Gasteiger partial charge in [-0.2, -0.15) is 0 Å². The van der Waals surface area contributed by atoms with Gasteiger partial charge in [0.2, 0.25) is 5.91 Å². The van der Waals surface area contributed by atoms with Gasteiger partial charge in [0.05, 0.1) is 0 Å². The molecule has 1 saturated heterocycles. The van der Waals surface area contributed by atoms with Crippen molar-refractivity contribution in [3.05, 3.63) is 35.6 Å². The fraction of sp³-hybridized carbons (Fsp3) is 0.385. The van der Waals surface area contributed by atoms with Gasteiger partial charge in [0.1, 0.15) is 11.9 Å². The van der Waals surface area contributed by atoms with E-state index in [2.05, 4.69) is 0 Å². The Kier molecular flexibility index (Phi) is 3.32. The third kappa shape index (κ3) is 2.20. The zero-order valence-corrected chi connectivity index (χ0v) is 9.97. The molecule has 1 amide bonds. The van der Waals surface area contributed by atoms with Crippen LogP contribution >= 0.6 is 0 Å². The number of hydrogen-bond acceptors (Lipinski definition) is 2. The lowest BCUT2D eigenvalue weighted by atomic mass is 9.91. The van der Waals surface area contributed by atoms with Crippen molar-refractivity contribution in [1.82, 2.24) is 4.90 Å². The summed E-state index contributed by atoms with van der Waals surface area (Å²) in [5.74, 6) is -2.04. The predicted octanol–water partition coefficient (Wildman–Crippen LogP) is 1.61. The van der Waals surface area contributed by atoms with E-state index in [-0.39, 0.29) is 11.8 Å². The van der Waals surface area contributed by atoms with Crippen molar-refractivity contribution in [3.8, 4) is 0 Å². The molecule has 2 atom stereocenters. The molecule has 0 aliphatic carbocycles. The van der Waals surface area contributed by atoms with Crippen molar-refractivity contribution in [2.75, 3.05) is 6.54 Å². The monoisotopic (exact) mass is 251 g/mol. The number of benzene rings is 1. The van der Waals surface area contributed by atoms with E-state index >= 15 is 0 Å². The summed E-state index contributed by atoms with van der Waals surface area (Å²) in [7, 11) is 0. The van der Waals surface area contributed by atoms with Gasteiger partial charge >= 0.3 is 5.97 Å². The fourth-order valence-corrected chi connectivity index (χ4v) is 2.54. The first kappa shape index (κ1) is 12.5. The number of carbonyl (C=O) groups is 2. The summed E-state index contributed by atoms with van der Waals surface area (Å²) in [6, 6.07) is 5.01. The van der Waals surface area contributed by atoms with Crippen molar-refractivity contribution in [2.24, 2.45) is 0 Å². The highest BCUT2D eigenvalue weighted by molar-refractivity contribution is 5.84. The van der Waals surface area contributed by atoms with Gasteiger partial charge in [0.15, 0.2) is 0 Å². The third-order valence-corrected chi connectivity index (χ3v) is 3.33. The Bertz CT molecular complexity index is 489. The number of halogens is 1.